The molecule has 2 unspecified atom stereocenters. The summed E-state index contributed by atoms with van der Waals surface area (Å²) in [5.74, 6) is -0.0167. The Balaban J connectivity index is 3.28. The molecule has 0 spiro atoms. The zero-order chi connectivity index (χ0) is 59.9. The fourth-order valence-electron chi connectivity index (χ4n) is 12.2. The highest BCUT2D eigenvalue weighted by atomic mass is 16.5. The second-order valence-electron chi connectivity index (χ2n) is 26.3. The molecule has 0 fully saturated rings. The second kappa shape index (κ2) is 72.8. The Morgan fingerprint density at radius 3 is 0.964 bits per heavy atom. The Kier molecular flexibility index (Phi) is 71.4. The quantitative estimate of drug-likeness (QED) is 0.0320. The van der Waals surface area contributed by atoms with E-state index >= 15 is 0 Å². The van der Waals surface area contributed by atoms with Crippen molar-refractivity contribution in [3.63, 3.8) is 0 Å². The van der Waals surface area contributed by atoms with Crippen LogP contribution in [-0.4, -0.2) is 47.4 Å². The number of aliphatic hydroxyl groups is 2. The minimum absolute atomic E-state index is 0.00916. The van der Waals surface area contributed by atoms with E-state index < -0.39 is 12.1 Å². The van der Waals surface area contributed by atoms with E-state index in [-0.39, 0.29) is 18.5 Å². The number of aliphatic hydroxyl groups excluding tert-OH is 2. The maximum Gasteiger partial charge on any atom is 0.305 e. The van der Waals surface area contributed by atoms with Gasteiger partial charge in [-0.3, -0.25) is 9.59 Å². The van der Waals surface area contributed by atoms with Crippen molar-refractivity contribution in [2.75, 3.05) is 13.2 Å². The van der Waals surface area contributed by atoms with E-state index in [4.69, 9.17) is 4.74 Å². The van der Waals surface area contributed by atoms with Crippen LogP contribution in [0.5, 0.6) is 0 Å². The average Bonchev–Trinajstić information content (AvgIpc) is 3.49. The van der Waals surface area contributed by atoms with Crippen LogP contribution in [0, 0.1) is 0 Å². The lowest BCUT2D eigenvalue weighted by Crippen LogP contribution is -2.45. The lowest BCUT2D eigenvalue weighted by Gasteiger charge is -2.22. The van der Waals surface area contributed by atoms with Crippen molar-refractivity contribution in [2.45, 2.75) is 443 Å². The molecule has 0 aliphatic rings. The third-order valence-electron chi connectivity index (χ3n) is 18.0. The number of nitrogens with one attached hydrogen (secondary N) is 1. The van der Waals surface area contributed by atoms with Gasteiger partial charge in [-0.2, -0.15) is 0 Å². The highest BCUT2D eigenvalue weighted by Crippen LogP contribution is 2.20. The van der Waals surface area contributed by atoms with Crippen molar-refractivity contribution in [1.82, 2.24) is 5.32 Å². The standard InChI is InChI=1S/C77H149NO5/c1-3-5-7-9-11-13-15-17-46-49-53-57-61-65-69-75(80)74(73-79)78-76(81)70-66-62-58-54-50-47-43-41-39-37-35-33-31-29-27-25-23-21-19-18-20-22-24-26-28-30-32-34-36-38-40-42-44-48-52-56-60-64-68-72-83-77(82)71-67-63-59-55-51-45-16-14-12-10-8-6-4-2/h8,10,14,16,74-75,79-80H,3-7,9,11-13,15,17-73H2,1-2H3,(H,78,81)/b10-8-,16-14-. The van der Waals surface area contributed by atoms with Crippen molar-refractivity contribution in [3.8, 4) is 0 Å². The van der Waals surface area contributed by atoms with Crippen molar-refractivity contribution in [3.05, 3.63) is 24.3 Å². The first-order valence-corrected chi connectivity index (χ1v) is 38.1. The lowest BCUT2D eigenvalue weighted by molar-refractivity contribution is -0.143. The number of hydrogen-bond acceptors (Lipinski definition) is 5. The molecule has 6 heteroatoms. The highest BCUT2D eigenvalue weighted by molar-refractivity contribution is 5.76. The van der Waals surface area contributed by atoms with Gasteiger partial charge in [-0.1, -0.05) is 391 Å². The largest absolute Gasteiger partial charge is 0.466 e. The molecule has 492 valence electrons. The average molecular weight is 1170 g/mol. The zero-order valence-electron chi connectivity index (χ0n) is 56.5. The number of amides is 1. The summed E-state index contributed by atoms with van der Waals surface area (Å²) in [5, 5.41) is 23.3. The number of allylic oxidation sites excluding steroid dienone is 4. The van der Waals surface area contributed by atoms with Crippen LogP contribution < -0.4 is 5.32 Å². The van der Waals surface area contributed by atoms with Gasteiger partial charge in [0.15, 0.2) is 0 Å². The van der Waals surface area contributed by atoms with E-state index in [1.165, 1.54) is 347 Å². The van der Waals surface area contributed by atoms with Gasteiger partial charge in [0.2, 0.25) is 5.91 Å². The second-order valence-corrected chi connectivity index (χ2v) is 26.3. The molecule has 0 aromatic carbocycles. The van der Waals surface area contributed by atoms with Crippen LogP contribution in [0.4, 0.5) is 0 Å². The number of rotatable bonds is 72. The smallest absolute Gasteiger partial charge is 0.305 e. The van der Waals surface area contributed by atoms with Gasteiger partial charge in [0.05, 0.1) is 25.4 Å². The summed E-state index contributed by atoms with van der Waals surface area (Å²) in [7, 11) is 0. The van der Waals surface area contributed by atoms with E-state index in [0.29, 0.717) is 25.9 Å². The molecule has 0 rings (SSSR count). The molecule has 6 nitrogen and oxygen atoms in total. The molecule has 0 aromatic heterocycles. The molecule has 0 bridgehead atoms. The third-order valence-corrected chi connectivity index (χ3v) is 18.0. The number of carbonyl (C=O) groups is 2. The zero-order valence-corrected chi connectivity index (χ0v) is 56.5. The Morgan fingerprint density at radius 1 is 0.337 bits per heavy atom. The van der Waals surface area contributed by atoms with Crippen LogP contribution in [0.25, 0.3) is 0 Å². The first kappa shape index (κ1) is 81.3. The minimum atomic E-state index is -0.659. The Morgan fingerprint density at radius 2 is 0.627 bits per heavy atom. The van der Waals surface area contributed by atoms with Gasteiger partial charge >= 0.3 is 5.97 Å². The summed E-state index contributed by atoms with van der Waals surface area (Å²) in [6.45, 7) is 4.92. The van der Waals surface area contributed by atoms with Crippen LogP contribution in [0.15, 0.2) is 24.3 Å². The number of hydrogen-bond donors (Lipinski definition) is 3. The summed E-state index contributed by atoms with van der Waals surface area (Å²) < 4.78 is 5.48. The Bertz CT molecular complexity index is 1300. The number of ether oxygens (including phenoxy) is 1. The highest BCUT2D eigenvalue weighted by Gasteiger charge is 2.20. The van der Waals surface area contributed by atoms with Crippen molar-refractivity contribution >= 4 is 11.9 Å². The molecule has 0 aliphatic carbocycles. The van der Waals surface area contributed by atoms with E-state index in [0.717, 1.165) is 51.4 Å². The monoisotopic (exact) mass is 1170 g/mol. The normalized spacial score (nSPS) is 12.6. The molecule has 3 N–H and O–H groups in total. The fraction of sp³-hybridized carbons (Fsp3) is 0.922. The van der Waals surface area contributed by atoms with Gasteiger partial charge < -0.3 is 20.3 Å². The molecule has 0 aliphatic heterocycles. The van der Waals surface area contributed by atoms with Crippen molar-refractivity contribution < 1.29 is 24.5 Å². The summed E-state index contributed by atoms with van der Waals surface area (Å²) >= 11 is 0. The SMILES string of the molecule is CCC/C=C\C/C=C\CCCCCCCC(=O)OCCCCCCCCCCCCCCCCCCCCCCCCCCCCCCCCCCCCCCCCCC(=O)NC(CO)C(O)CCCCCCCCCCCCCCCC. The van der Waals surface area contributed by atoms with Crippen LogP contribution in [0.3, 0.4) is 0 Å². The van der Waals surface area contributed by atoms with Gasteiger partial charge in [-0.05, 0) is 51.4 Å². The molecule has 0 aromatic rings. The van der Waals surface area contributed by atoms with Crippen LogP contribution in [-0.2, 0) is 14.3 Å². The summed E-state index contributed by atoms with van der Waals surface area (Å²) in [6.07, 6.45) is 92.8. The molecule has 2 atom stereocenters. The summed E-state index contributed by atoms with van der Waals surface area (Å²) in [4.78, 5) is 24.6. The number of esters is 1. The van der Waals surface area contributed by atoms with E-state index in [1.807, 2.05) is 0 Å². The fourth-order valence-corrected chi connectivity index (χ4v) is 12.2. The lowest BCUT2D eigenvalue weighted by atomic mass is 10.0. The number of carbonyl (C=O) groups excluding carboxylic acids is 2. The molecule has 0 saturated heterocycles. The van der Waals surface area contributed by atoms with Gasteiger partial charge in [0, 0.05) is 12.8 Å². The molecule has 0 heterocycles. The van der Waals surface area contributed by atoms with Crippen molar-refractivity contribution in [1.29, 1.82) is 0 Å². The van der Waals surface area contributed by atoms with E-state index in [2.05, 4.69) is 43.5 Å². The van der Waals surface area contributed by atoms with Crippen LogP contribution >= 0.6 is 0 Å². The van der Waals surface area contributed by atoms with Gasteiger partial charge in [0.25, 0.3) is 0 Å². The van der Waals surface area contributed by atoms with Crippen LogP contribution in [0.1, 0.15) is 431 Å². The first-order valence-electron chi connectivity index (χ1n) is 38.1. The first-order chi connectivity index (χ1) is 41.0. The molecule has 0 radical (unpaired) electrons. The Labute approximate surface area is 520 Å². The summed E-state index contributed by atoms with van der Waals surface area (Å²) in [6, 6.07) is -0.536. The van der Waals surface area contributed by atoms with E-state index in [9.17, 15) is 19.8 Å². The predicted molar refractivity (Wildman–Crippen MR) is 366 cm³/mol. The molecular weight excluding hydrogens is 1020 g/mol. The van der Waals surface area contributed by atoms with E-state index in [1.54, 1.807) is 0 Å². The molecule has 83 heavy (non-hydrogen) atoms. The van der Waals surface area contributed by atoms with Crippen LogP contribution in [0.2, 0.25) is 0 Å². The maximum absolute atomic E-state index is 12.5. The predicted octanol–water partition coefficient (Wildman–Crippen LogP) is 24.9. The third kappa shape index (κ3) is 69.3. The number of unbranched alkanes of at least 4 members (excludes halogenated alkanes) is 57. The minimum Gasteiger partial charge on any atom is -0.466 e. The maximum atomic E-state index is 12.5. The van der Waals surface area contributed by atoms with Crippen molar-refractivity contribution in [2.24, 2.45) is 0 Å². The summed E-state index contributed by atoms with van der Waals surface area (Å²) in [5.41, 5.74) is 0. The van der Waals surface area contributed by atoms with Gasteiger partial charge in [-0.15, -0.1) is 0 Å². The van der Waals surface area contributed by atoms with Gasteiger partial charge in [-0.25, -0.2) is 0 Å². The molecular formula is C77H149NO5. The molecule has 1 amide bonds. The molecule has 0 saturated carbocycles. The van der Waals surface area contributed by atoms with Gasteiger partial charge in [0.1, 0.15) is 0 Å². The Hall–Kier alpha value is -1.66. The topological polar surface area (TPSA) is 95.9 Å².